The molecule has 6 nitrogen and oxygen atoms in total. The zero-order chi connectivity index (χ0) is 21.5. The van der Waals surface area contributed by atoms with Crippen molar-refractivity contribution in [3.8, 4) is 5.75 Å². The zero-order valence-corrected chi connectivity index (χ0v) is 18.0. The molecule has 0 radical (unpaired) electrons. The van der Waals surface area contributed by atoms with E-state index in [9.17, 15) is 4.79 Å². The number of halogens is 2. The predicted octanol–water partition coefficient (Wildman–Crippen LogP) is 4.90. The maximum absolute atomic E-state index is 11.4. The van der Waals surface area contributed by atoms with Gasteiger partial charge >= 0.3 is 0 Å². The molecule has 0 bridgehead atoms. The Kier molecular flexibility index (Phi) is 7.74. The third-order valence-electron chi connectivity index (χ3n) is 4.71. The Morgan fingerprint density at radius 2 is 1.93 bits per heavy atom. The van der Waals surface area contributed by atoms with E-state index in [1.165, 1.54) is 0 Å². The molecule has 0 spiro atoms. The van der Waals surface area contributed by atoms with Crippen molar-refractivity contribution in [3.05, 3.63) is 82.4 Å². The molecule has 3 rings (SSSR count). The standard InChI is InChI=1S/C22H23Cl2N3O3/c1-15(30-13-16-5-3-2-4-6-16)21(27-12-20(22(25)28)26-14-27)9-10-29-17-7-8-18(23)19(24)11-17/h2-8,11-12,14-15,21H,9-10,13H2,1H3,(H2,25,28). The SMILES string of the molecule is CC(OCc1ccccc1)C(CCOc1ccc(Cl)c(Cl)c1)n1cnc(C(N)=O)c1. The van der Waals surface area contributed by atoms with E-state index in [4.69, 9.17) is 38.4 Å². The highest BCUT2D eigenvalue weighted by Crippen LogP contribution is 2.27. The first-order valence-corrected chi connectivity index (χ1v) is 10.3. The Hall–Kier alpha value is -2.54. The summed E-state index contributed by atoms with van der Waals surface area (Å²) in [6.07, 6.45) is 3.67. The Morgan fingerprint density at radius 1 is 1.17 bits per heavy atom. The van der Waals surface area contributed by atoms with Crippen molar-refractivity contribution in [2.45, 2.75) is 32.1 Å². The van der Waals surface area contributed by atoms with Gasteiger partial charge in [0.25, 0.3) is 5.91 Å². The molecule has 0 saturated carbocycles. The van der Waals surface area contributed by atoms with Gasteiger partial charge in [0.15, 0.2) is 0 Å². The number of benzene rings is 2. The van der Waals surface area contributed by atoms with Crippen LogP contribution in [0.5, 0.6) is 5.75 Å². The molecule has 2 aromatic carbocycles. The van der Waals surface area contributed by atoms with Gasteiger partial charge in [0.1, 0.15) is 11.4 Å². The van der Waals surface area contributed by atoms with Crippen molar-refractivity contribution in [2.75, 3.05) is 6.61 Å². The summed E-state index contributed by atoms with van der Waals surface area (Å²) in [5.41, 5.74) is 6.64. The second kappa shape index (κ2) is 10.5. The van der Waals surface area contributed by atoms with Gasteiger partial charge in [-0.15, -0.1) is 0 Å². The van der Waals surface area contributed by atoms with Crippen LogP contribution in [0.1, 0.15) is 35.4 Å². The molecule has 2 N–H and O–H groups in total. The number of hydrogen-bond acceptors (Lipinski definition) is 4. The molecule has 3 aromatic rings. The summed E-state index contributed by atoms with van der Waals surface area (Å²) >= 11 is 12.0. The number of carbonyl (C=O) groups is 1. The van der Waals surface area contributed by atoms with Gasteiger partial charge in [0.05, 0.1) is 41.7 Å². The minimum atomic E-state index is -0.572. The zero-order valence-electron chi connectivity index (χ0n) is 16.5. The minimum absolute atomic E-state index is 0.114. The first-order valence-electron chi connectivity index (χ1n) is 9.50. The van der Waals surface area contributed by atoms with Crippen LogP contribution in [-0.4, -0.2) is 28.2 Å². The van der Waals surface area contributed by atoms with Crippen LogP contribution in [-0.2, 0) is 11.3 Å². The molecule has 1 aromatic heterocycles. The summed E-state index contributed by atoms with van der Waals surface area (Å²) in [7, 11) is 0. The van der Waals surface area contributed by atoms with Gasteiger partial charge in [0.2, 0.25) is 0 Å². The third kappa shape index (κ3) is 5.98. The average molecular weight is 448 g/mol. The summed E-state index contributed by atoms with van der Waals surface area (Å²) < 4.78 is 13.8. The highest BCUT2D eigenvalue weighted by molar-refractivity contribution is 6.42. The molecule has 0 aliphatic rings. The summed E-state index contributed by atoms with van der Waals surface area (Å²) in [6.45, 7) is 2.87. The molecule has 0 saturated heterocycles. The highest BCUT2D eigenvalue weighted by atomic mass is 35.5. The monoisotopic (exact) mass is 447 g/mol. The summed E-state index contributed by atoms with van der Waals surface area (Å²) in [5, 5.41) is 0.910. The number of hydrogen-bond donors (Lipinski definition) is 1. The van der Waals surface area contributed by atoms with Gasteiger partial charge < -0.3 is 19.8 Å². The Bertz CT molecular complexity index is 979. The van der Waals surface area contributed by atoms with Crippen LogP contribution in [0, 0.1) is 0 Å². The number of amides is 1. The van der Waals surface area contributed by atoms with Crippen molar-refractivity contribution in [2.24, 2.45) is 5.73 Å². The fourth-order valence-electron chi connectivity index (χ4n) is 3.05. The molecule has 30 heavy (non-hydrogen) atoms. The van der Waals surface area contributed by atoms with Gasteiger partial charge in [-0.2, -0.15) is 0 Å². The number of carbonyl (C=O) groups excluding carboxylic acids is 1. The van der Waals surface area contributed by atoms with E-state index in [2.05, 4.69) is 4.98 Å². The topological polar surface area (TPSA) is 79.4 Å². The fourth-order valence-corrected chi connectivity index (χ4v) is 3.34. The van der Waals surface area contributed by atoms with Crippen LogP contribution in [0.4, 0.5) is 0 Å². The van der Waals surface area contributed by atoms with Crippen molar-refractivity contribution in [3.63, 3.8) is 0 Å². The Morgan fingerprint density at radius 3 is 2.60 bits per heavy atom. The van der Waals surface area contributed by atoms with Crippen LogP contribution in [0.3, 0.4) is 0 Å². The van der Waals surface area contributed by atoms with E-state index in [0.29, 0.717) is 35.4 Å². The normalized spacial score (nSPS) is 13.0. The molecule has 8 heteroatoms. The van der Waals surface area contributed by atoms with Crippen LogP contribution >= 0.6 is 23.2 Å². The maximum Gasteiger partial charge on any atom is 0.268 e. The van der Waals surface area contributed by atoms with Crippen LogP contribution < -0.4 is 10.5 Å². The molecule has 2 unspecified atom stereocenters. The highest BCUT2D eigenvalue weighted by Gasteiger charge is 2.21. The average Bonchev–Trinajstić information content (AvgIpc) is 3.23. The van der Waals surface area contributed by atoms with Crippen molar-refractivity contribution in [1.82, 2.24) is 9.55 Å². The molecular formula is C22H23Cl2N3O3. The first kappa shape index (κ1) is 22.2. The Balaban J connectivity index is 1.67. The predicted molar refractivity (Wildman–Crippen MR) is 117 cm³/mol. The number of aromatic nitrogens is 2. The van der Waals surface area contributed by atoms with Gasteiger partial charge in [0, 0.05) is 18.7 Å². The van der Waals surface area contributed by atoms with Crippen molar-refractivity contribution >= 4 is 29.1 Å². The van der Waals surface area contributed by atoms with E-state index >= 15 is 0 Å². The molecule has 1 heterocycles. The molecule has 158 valence electrons. The molecule has 0 aliphatic heterocycles. The number of rotatable bonds is 10. The van der Waals surface area contributed by atoms with Gasteiger partial charge in [-0.25, -0.2) is 4.98 Å². The van der Waals surface area contributed by atoms with Crippen molar-refractivity contribution in [1.29, 1.82) is 0 Å². The number of nitrogens with two attached hydrogens (primary N) is 1. The number of primary amides is 1. The van der Waals surface area contributed by atoms with Crippen LogP contribution in [0.15, 0.2) is 61.1 Å². The third-order valence-corrected chi connectivity index (χ3v) is 5.45. The summed E-state index contributed by atoms with van der Waals surface area (Å²) in [4.78, 5) is 15.5. The second-order valence-corrected chi connectivity index (χ2v) is 7.67. The van der Waals surface area contributed by atoms with E-state index in [1.54, 1.807) is 30.7 Å². The molecular weight excluding hydrogens is 425 g/mol. The first-order chi connectivity index (χ1) is 14.4. The minimum Gasteiger partial charge on any atom is -0.493 e. The lowest BCUT2D eigenvalue weighted by Crippen LogP contribution is -2.25. The molecule has 2 atom stereocenters. The smallest absolute Gasteiger partial charge is 0.268 e. The van der Waals surface area contributed by atoms with Crippen LogP contribution in [0.2, 0.25) is 10.0 Å². The lowest BCUT2D eigenvalue weighted by Gasteiger charge is -2.26. The van der Waals surface area contributed by atoms with Crippen LogP contribution in [0.25, 0.3) is 0 Å². The van der Waals surface area contributed by atoms with E-state index < -0.39 is 5.91 Å². The number of ether oxygens (including phenoxy) is 2. The van der Waals surface area contributed by atoms with Gasteiger partial charge in [-0.05, 0) is 24.6 Å². The largest absolute Gasteiger partial charge is 0.493 e. The number of nitrogens with zero attached hydrogens (tertiary/aromatic N) is 2. The lowest BCUT2D eigenvalue weighted by atomic mass is 10.1. The number of imidazole rings is 1. The summed E-state index contributed by atoms with van der Waals surface area (Å²) in [5.74, 6) is 0.0573. The second-order valence-electron chi connectivity index (χ2n) is 6.85. The van der Waals surface area contributed by atoms with Gasteiger partial charge in [-0.1, -0.05) is 53.5 Å². The Labute approximate surface area is 185 Å². The van der Waals surface area contributed by atoms with E-state index in [1.807, 2.05) is 41.8 Å². The van der Waals surface area contributed by atoms with E-state index in [-0.39, 0.29) is 17.8 Å². The summed E-state index contributed by atoms with van der Waals surface area (Å²) in [6, 6.07) is 15.0. The van der Waals surface area contributed by atoms with E-state index in [0.717, 1.165) is 5.56 Å². The molecule has 1 amide bonds. The lowest BCUT2D eigenvalue weighted by molar-refractivity contribution is 0.0112. The van der Waals surface area contributed by atoms with Crippen molar-refractivity contribution < 1.29 is 14.3 Å². The molecule has 0 aliphatic carbocycles. The molecule has 0 fully saturated rings. The quantitative estimate of drug-likeness (QED) is 0.478. The maximum atomic E-state index is 11.4. The fraction of sp³-hybridized carbons (Fsp3) is 0.273. The van der Waals surface area contributed by atoms with Gasteiger partial charge in [-0.3, -0.25) is 4.79 Å².